The zero-order chi connectivity index (χ0) is 27.5. The molecule has 2 heterocycles. The molecule has 2 aliphatic heterocycles. The molecule has 0 aliphatic carbocycles. The fraction of sp³-hybridized carbons (Fsp3) is 0.212. The summed E-state index contributed by atoms with van der Waals surface area (Å²) in [6.07, 6.45) is -0.573. The Morgan fingerprint density at radius 3 is 2.02 bits per heavy atom. The Kier molecular flexibility index (Phi) is 7.10. The fourth-order valence-corrected chi connectivity index (χ4v) is 5.66. The molecule has 1 fully saturated rings. The molecular formula is C33H29NO6. The summed E-state index contributed by atoms with van der Waals surface area (Å²) in [5.41, 5.74) is 3.78. The van der Waals surface area contributed by atoms with Crippen molar-refractivity contribution in [2.24, 2.45) is 0 Å². The molecule has 40 heavy (non-hydrogen) atoms. The van der Waals surface area contributed by atoms with Crippen LogP contribution in [0.3, 0.4) is 0 Å². The number of imide groups is 1. The highest BCUT2D eigenvalue weighted by atomic mass is 16.7. The van der Waals surface area contributed by atoms with Crippen molar-refractivity contribution < 1.29 is 28.5 Å². The number of carbonyl (C=O) groups excluding carboxylic acids is 2. The minimum Gasteiger partial charge on any atom is -0.493 e. The van der Waals surface area contributed by atoms with Crippen molar-refractivity contribution in [2.45, 2.75) is 24.3 Å². The highest BCUT2D eigenvalue weighted by Gasteiger charge is 2.44. The Labute approximate surface area is 232 Å². The molecule has 2 amide bonds. The Morgan fingerprint density at radius 2 is 1.43 bits per heavy atom. The first-order valence-electron chi connectivity index (χ1n) is 13.2. The lowest BCUT2D eigenvalue weighted by Gasteiger charge is -2.30. The van der Waals surface area contributed by atoms with Gasteiger partial charge in [-0.1, -0.05) is 91.0 Å². The number of rotatable bonds is 8. The molecule has 6 rings (SSSR count). The van der Waals surface area contributed by atoms with E-state index >= 15 is 0 Å². The van der Waals surface area contributed by atoms with Crippen LogP contribution >= 0.6 is 0 Å². The number of benzene rings is 4. The van der Waals surface area contributed by atoms with Crippen molar-refractivity contribution in [3.63, 3.8) is 0 Å². The van der Waals surface area contributed by atoms with Crippen LogP contribution in [0.25, 0.3) is 0 Å². The summed E-state index contributed by atoms with van der Waals surface area (Å²) in [5, 5.41) is 0. The number of nitrogens with zero attached hydrogens (tertiary/aromatic N) is 1. The molecule has 2 atom stereocenters. The Morgan fingerprint density at radius 1 is 0.825 bits per heavy atom. The molecule has 202 valence electrons. The molecule has 4 aromatic carbocycles. The fourth-order valence-electron chi connectivity index (χ4n) is 5.66. The van der Waals surface area contributed by atoms with E-state index in [1.807, 2.05) is 103 Å². The normalized spacial score (nSPS) is 16.6. The third-order valence-electron chi connectivity index (χ3n) is 7.54. The first kappa shape index (κ1) is 25.5. The Balaban J connectivity index is 1.37. The molecule has 0 spiro atoms. The van der Waals surface area contributed by atoms with Gasteiger partial charge in [-0.2, -0.15) is 0 Å². The number of fused-ring (bicyclic) bond motifs is 1. The van der Waals surface area contributed by atoms with E-state index in [4.69, 9.17) is 18.9 Å². The number of methoxy groups -OCH3 is 1. The van der Waals surface area contributed by atoms with Crippen LogP contribution in [-0.2, 0) is 9.53 Å². The topological polar surface area (TPSA) is 74.3 Å². The summed E-state index contributed by atoms with van der Waals surface area (Å²) in [5.74, 6) is 0.729. The molecule has 1 saturated heterocycles. The monoisotopic (exact) mass is 535 g/mol. The largest absolute Gasteiger partial charge is 0.493 e. The zero-order valence-electron chi connectivity index (χ0n) is 22.1. The van der Waals surface area contributed by atoms with E-state index in [0.717, 1.165) is 22.3 Å². The average Bonchev–Trinajstić information content (AvgIpc) is 3.64. The minimum absolute atomic E-state index is 0.0503. The van der Waals surface area contributed by atoms with E-state index in [9.17, 15) is 9.59 Å². The summed E-state index contributed by atoms with van der Waals surface area (Å²) in [6.45, 7) is 0.221. The molecule has 7 heteroatoms. The van der Waals surface area contributed by atoms with Gasteiger partial charge in [-0.25, -0.2) is 9.69 Å². The van der Waals surface area contributed by atoms with Crippen LogP contribution in [0.2, 0.25) is 0 Å². The zero-order valence-corrected chi connectivity index (χ0v) is 22.1. The van der Waals surface area contributed by atoms with Gasteiger partial charge in [0.05, 0.1) is 13.2 Å². The average molecular weight is 536 g/mol. The number of ether oxygens (including phenoxy) is 4. The van der Waals surface area contributed by atoms with Gasteiger partial charge in [-0.15, -0.1) is 0 Å². The number of cyclic esters (lactones) is 1. The lowest BCUT2D eigenvalue weighted by atomic mass is 9.84. The second-order valence-electron chi connectivity index (χ2n) is 9.83. The van der Waals surface area contributed by atoms with Crippen molar-refractivity contribution in [3.05, 3.63) is 125 Å². The second-order valence-corrected chi connectivity index (χ2v) is 9.83. The summed E-state index contributed by atoms with van der Waals surface area (Å²) in [7, 11) is 1.57. The van der Waals surface area contributed by atoms with E-state index in [2.05, 4.69) is 0 Å². The van der Waals surface area contributed by atoms with Crippen molar-refractivity contribution >= 4 is 12.0 Å². The van der Waals surface area contributed by atoms with E-state index in [1.54, 1.807) is 7.11 Å². The van der Waals surface area contributed by atoms with Crippen LogP contribution in [0.5, 0.6) is 17.2 Å². The smallest absolute Gasteiger partial charge is 0.417 e. The first-order valence-corrected chi connectivity index (χ1v) is 13.2. The Bertz CT molecular complexity index is 1450. The quantitative estimate of drug-likeness (QED) is 0.270. The van der Waals surface area contributed by atoms with E-state index in [0.29, 0.717) is 17.2 Å². The van der Waals surface area contributed by atoms with Crippen molar-refractivity contribution in [1.29, 1.82) is 0 Å². The standard InChI is InChI=1S/C33H29NO6/c1-37-28-17-25(18-29-32(28)40-21-39-29)26(22-11-5-2-6-12-22)19-30(35)34-27(20-38-33(34)36)31(23-13-7-3-8-14-23)24-15-9-4-10-16-24/h2-18,26-27,31H,19-21H2,1H3/t26?,27-/m0/s1. The number of carbonyl (C=O) groups is 2. The van der Waals surface area contributed by atoms with Crippen molar-refractivity contribution in [3.8, 4) is 17.2 Å². The van der Waals surface area contributed by atoms with Crippen LogP contribution in [0, 0.1) is 0 Å². The van der Waals surface area contributed by atoms with Crippen LogP contribution in [-0.4, -0.2) is 43.5 Å². The number of hydrogen-bond acceptors (Lipinski definition) is 6. The van der Waals surface area contributed by atoms with Crippen LogP contribution in [0.4, 0.5) is 4.79 Å². The van der Waals surface area contributed by atoms with Crippen LogP contribution in [0.15, 0.2) is 103 Å². The van der Waals surface area contributed by atoms with Gasteiger partial charge in [0.15, 0.2) is 11.5 Å². The maximum Gasteiger partial charge on any atom is 0.417 e. The van der Waals surface area contributed by atoms with Gasteiger partial charge >= 0.3 is 6.09 Å². The summed E-state index contributed by atoms with van der Waals surface area (Å²) in [4.78, 5) is 28.6. The minimum atomic E-state index is -0.623. The molecule has 0 aromatic heterocycles. The summed E-state index contributed by atoms with van der Waals surface area (Å²) >= 11 is 0. The van der Waals surface area contributed by atoms with Gasteiger partial charge in [-0.05, 0) is 34.4 Å². The molecule has 0 bridgehead atoms. The van der Waals surface area contributed by atoms with Crippen LogP contribution < -0.4 is 14.2 Å². The summed E-state index contributed by atoms with van der Waals surface area (Å²) < 4.78 is 22.3. The van der Waals surface area contributed by atoms with Gasteiger partial charge in [0.25, 0.3) is 0 Å². The Hall–Kier alpha value is -4.78. The highest BCUT2D eigenvalue weighted by molar-refractivity contribution is 5.94. The molecule has 4 aromatic rings. The maximum absolute atomic E-state index is 14.1. The molecule has 7 nitrogen and oxygen atoms in total. The molecule has 1 unspecified atom stereocenters. The summed E-state index contributed by atoms with van der Waals surface area (Å²) in [6, 6.07) is 32.9. The van der Waals surface area contributed by atoms with Gasteiger partial charge in [0.2, 0.25) is 18.4 Å². The van der Waals surface area contributed by atoms with E-state index < -0.39 is 12.1 Å². The predicted molar refractivity (Wildman–Crippen MR) is 149 cm³/mol. The number of hydrogen-bond donors (Lipinski definition) is 0. The third-order valence-corrected chi connectivity index (χ3v) is 7.54. The van der Waals surface area contributed by atoms with Crippen molar-refractivity contribution in [2.75, 3.05) is 20.5 Å². The molecule has 0 N–H and O–H groups in total. The van der Waals surface area contributed by atoms with Crippen LogP contribution in [0.1, 0.15) is 40.5 Å². The molecule has 2 aliphatic rings. The van der Waals surface area contributed by atoms with Gasteiger partial charge < -0.3 is 18.9 Å². The van der Waals surface area contributed by atoms with Gasteiger partial charge in [-0.3, -0.25) is 4.79 Å². The van der Waals surface area contributed by atoms with E-state index in [-0.39, 0.29) is 37.6 Å². The molecular weight excluding hydrogens is 506 g/mol. The van der Waals surface area contributed by atoms with Gasteiger partial charge in [0.1, 0.15) is 6.61 Å². The maximum atomic E-state index is 14.1. The predicted octanol–water partition coefficient (Wildman–Crippen LogP) is 6.13. The van der Waals surface area contributed by atoms with E-state index in [1.165, 1.54) is 4.90 Å². The lowest BCUT2D eigenvalue weighted by molar-refractivity contribution is -0.129. The second kappa shape index (κ2) is 11.1. The van der Waals surface area contributed by atoms with Gasteiger partial charge in [0, 0.05) is 18.3 Å². The van der Waals surface area contributed by atoms with Crippen molar-refractivity contribution in [1.82, 2.24) is 4.90 Å². The molecule has 0 radical (unpaired) electrons. The third kappa shape index (κ3) is 4.86. The first-order chi connectivity index (χ1) is 19.6. The highest BCUT2D eigenvalue weighted by Crippen LogP contribution is 2.45. The molecule has 0 saturated carbocycles. The lowest BCUT2D eigenvalue weighted by Crippen LogP contribution is -2.43. The number of amides is 2. The SMILES string of the molecule is COc1cc(C(CC(=O)N2C(=O)OC[C@H]2C(c2ccccc2)c2ccccc2)c2ccccc2)cc2c1OCO2.